The summed E-state index contributed by atoms with van der Waals surface area (Å²) in [6.07, 6.45) is 0.932. The van der Waals surface area contributed by atoms with Crippen molar-refractivity contribution in [3.05, 3.63) is 65.2 Å². The minimum Gasteiger partial charge on any atom is -0.493 e. The molecule has 2 N–H and O–H groups in total. The van der Waals surface area contributed by atoms with Gasteiger partial charge in [-0.25, -0.2) is 0 Å². The largest absolute Gasteiger partial charge is 0.493 e. The number of methoxy groups -OCH3 is 1. The van der Waals surface area contributed by atoms with Gasteiger partial charge in [0.25, 0.3) is 0 Å². The molecule has 0 saturated heterocycles. The van der Waals surface area contributed by atoms with Crippen molar-refractivity contribution < 1.29 is 9.47 Å². The van der Waals surface area contributed by atoms with Crippen molar-refractivity contribution >= 4 is 0 Å². The van der Waals surface area contributed by atoms with E-state index in [4.69, 9.17) is 15.2 Å². The first kappa shape index (κ1) is 14.1. The van der Waals surface area contributed by atoms with Gasteiger partial charge in [-0.2, -0.15) is 0 Å². The quantitative estimate of drug-likeness (QED) is 0.917. The summed E-state index contributed by atoms with van der Waals surface area (Å²) < 4.78 is 10.8. The summed E-state index contributed by atoms with van der Waals surface area (Å²) in [7, 11) is 1.72. The summed E-state index contributed by atoms with van der Waals surface area (Å²) in [6, 6.07) is 16.6. The van der Waals surface area contributed by atoms with Crippen LogP contribution >= 0.6 is 0 Å². The van der Waals surface area contributed by atoms with Crippen LogP contribution in [0.25, 0.3) is 0 Å². The average molecular weight is 283 g/mol. The number of hydrogen-bond acceptors (Lipinski definition) is 3. The van der Waals surface area contributed by atoms with Crippen molar-refractivity contribution in [2.24, 2.45) is 5.73 Å². The average Bonchev–Trinajstić information content (AvgIpc) is 2.97. The molecule has 2 aromatic carbocycles. The molecule has 3 nitrogen and oxygen atoms in total. The van der Waals surface area contributed by atoms with Crippen LogP contribution in [0.3, 0.4) is 0 Å². The van der Waals surface area contributed by atoms with Gasteiger partial charge in [0.05, 0.1) is 13.2 Å². The van der Waals surface area contributed by atoms with E-state index in [-0.39, 0.29) is 12.0 Å². The Bertz CT molecular complexity index is 594. The zero-order valence-corrected chi connectivity index (χ0v) is 12.3. The van der Waals surface area contributed by atoms with E-state index >= 15 is 0 Å². The van der Waals surface area contributed by atoms with Gasteiger partial charge in [0.2, 0.25) is 0 Å². The predicted molar refractivity (Wildman–Crippen MR) is 83.6 cm³/mol. The van der Waals surface area contributed by atoms with E-state index < -0.39 is 0 Å². The maximum Gasteiger partial charge on any atom is 0.122 e. The third-order valence-corrected chi connectivity index (χ3v) is 4.13. The summed E-state index contributed by atoms with van der Waals surface area (Å²) in [4.78, 5) is 0. The van der Waals surface area contributed by atoms with E-state index in [0.717, 1.165) is 24.3 Å². The van der Waals surface area contributed by atoms with Gasteiger partial charge >= 0.3 is 0 Å². The normalized spacial score (nSPS) is 18.1. The minimum absolute atomic E-state index is 0.0369. The van der Waals surface area contributed by atoms with Gasteiger partial charge in [0, 0.05) is 24.6 Å². The minimum atomic E-state index is -0.0369. The summed E-state index contributed by atoms with van der Waals surface area (Å²) >= 11 is 0. The number of para-hydroxylation sites is 1. The molecular weight excluding hydrogens is 262 g/mol. The highest BCUT2D eigenvalue weighted by atomic mass is 16.5. The van der Waals surface area contributed by atoms with Gasteiger partial charge < -0.3 is 15.2 Å². The number of nitrogens with two attached hydrogens (primary N) is 1. The monoisotopic (exact) mass is 283 g/mol. The molecule has 1 heterocycles. The van der Waals surface area contributed by atoms with Crippen molar-refractivity contribution in [3.8, 4) is 5.75 Å². The Labute approximate surface area is 125 Å². The lowest BCUT2D eigenvalue weighted by Crippen LogP contribution is -2.21. The number of rotatable bonds is 5. The Balaban J connectivity index is 1.75. The number of fused-ring (bicyclic) bond motifs is 1. The van der Waals surface area contributed by atoms with Crippen molar-refractivity contribution in [2.75, 3.05) is 20.3 Å². The second-order valence-electron chi connectivity index (χ2n) is 5.47. The van der Waals surface area contributed by atoms with Gasteiger partial charge in [0.1, 0.15) is 5.75 Å². The third-order valence-electron chi connectivity index (χ3n) is 4.13. The summed E-state index contributed by atoms with van der Waals surface area (Å²) in [6.45, 7) is 1.40. The Morgan fingerprint density at radius 2 is 1.95 bits per heavy atom. The van der Waals surface area contributed by atoms with E-state index in [2.05, 4.69) is 30.3 Å². The fourth-order valence-electron chi connectivity index (χ4n) is 2.84. The van der Waals surface area contributed by atoms with Gasteiger partial charge in [-0.05, 0) is 23.6 Å². The summed E-state index contributed by atoms with van der Waals surface area (Å²) in [5, 5.41) is 0. The first-order valence-corrected chi connectivity index (χ1v) is 7.34. The fourth-order valence-corrected chi connectivity index (χ4v) is 2.84. The van der Waals surface area contributed by atoms with Crippen molar-refractivity contribution in [3.63, 3.8) is 0 Å². The van der Waals surface area contributed by atoms with Crippen LogP contribution in [0.2, 0.25) is 0 Å². The Hall–Kier alpha value is -1.84. The predicted octanol–water partition coefficient (Wildman–Crippen LogP) is 3.05. The number of benzene rings is 2. The van der Waals surface area contributed by atoms with Crippen molar-refractivity contribution in [2.45, 2.75) is 18.4 Å². The molecule has 0 spiro atoms. The first-order chi connectivity index (χ1) is 10.3. The zero-order valence-electron chi connectivity index (χ0n) is 12.3. The maximum atomic E-state index is 6.46. The molecule has 1 aliphatic rings. The highest BCUT2D eigenvalue weighted by Crippen LogP contribution is 2.39. The molecule has 3 rings (SSSR count). The molecule has 110 valence electrons. The van der Waals surface area contributed by atoms with Crippen LogP contribution in [0.1, 0.15) is 28.7 Å². The molecule has 0 saturated carbocycles. The molecule has 1 aliphatic heterocycles. The molecule has 0 amide bonds. The third kappa shape index (κ3) is 2.94. The molecule has 2 aromatic rings. The molecule has 0 radical (unpaired) electrons. The van der Waals surface area contributed by atoms with Crippen LogP contribution < -0.4 is 10.5 Å². The van der Waals surface area contributed by atoms with Gasteiger partial charge in [-0.1, -0.05) is 42.5 Å². The molecule has 2 unspecified atom stereocenters. The van der Waals surface area contributed by atoms with Gasteiger partial charge in [-0.3, -0.25) is 0 Å². The van der Waals surface area contributed by atoms with E-state index in [9.17, 15) is 0 Å². The molecule has 0 fully saturated rings. The van der Waals surface area contributed by atoms with Crippen LogP contribution in [-0.4, -0.2) is 20.3 Å². The second-order valence-corrected chi connectivity index (χ2v) is 5.47. The SMILES string of the molecule is COCCc1ccc(C(N)C2COc3ccccc32)cc1. The maximum absolute atomic E-state index is 6.46. The smallest absolute Gasteiger partial charge is 0.122 e. The molecule has 3 heteroatoms. The molecule has 0 bridgehead atoms. The van der Waals surface area contributed by atoms with E-state index in [1.54, 1.807) is 7.11 Å². The van der Waals surface area contributed by atoms with Crippen LogP contribution in [0.5, 0.6) is 5.75 Å². The van der Waals surface area contributed by atoms with Crippen LogP contribution in [0.15, 0.2) is 48.5 Å². The molecule has 21 heavy (non-hydrogen) atoms. The van der Waals surface area contributed by atoms with E-state index in [1.807, 2.05) is 18.2 Å². The Morgan fingerprint density at radius 3 is 2.71 bits per heavy atom. The Kier molecular flexibility index (Phi) is 4.23. The lowest BCUT2D eigenvalue weighted by atomic mass is 9.89. The number of ether oxygens (including phenoxy) is 2. The lowest BCUT2D eigenvalue weighted by molar-refractivity contribution is 0.202. The van der Waals surface area contributed by atoms with Crippen LogP contribution in [0, 0.1) is 0 Å². The summed E-state index contributed by atoms with van der Waals surface area (Å²) in [5.41, 5.74) is 10.1. The van der Waals surface area contributed by atoms with Crippen LogP contribution in [0.4, 0.5) is 0 Å². The molecular formula is C18H21NO2. The zero-order chi connectivity index (χ0) is 14.7. The standard InChI is InChI=1S/C18H21NO2/c1-20-11-10-13-6-8-14(9-7-13)18(19)16-12-21-17-5-3-2-4-15(16)17/h2-9,16,18H,10-12,19H2,1H3. The first-order valence-electron chi connectivity index (χ1n) is 7.34. The van der Waals surface area contributed by atoms with Crippen molar-refractivity contribution in [1.29, 1.82) is 0 Å². The molecule has 0 aliphatic carbocycles. The lowest BCUT2D eigenvalue weighted by Gasteiger charge is -2.19. The Morgan fingerprint density at radius 1 is 1.19 bits per heavy atom. The molecule has 2 atom stereocenters. The fraction of sp³-hybridized carbons (Fsp3) is 0.333. The number of hydrogen-bond donors (Lipinski definition) is 1. The van der Waals surface area contributed by atoms with E-state index in [0.29, 0.717) is 6.61 Å². The second kappa shape index (κ2) is 6.29. The highest BCUT2D eigenvalue weighted by molar-refractivity contribution is 5.42. The van der Waals surface area contributed by atoms with Gasteiger partial charge in [0.15, 0.2) is 0 Å². The topological polar surface area (TPSA) is 44.5 Å². The highest BCUT2D eigenvalue weighted by Gasteiger charge is 2.29. The van der Waals surface area contributed by atoms with Gasteiger partial charge in [-0.15, -0.1) is 0 Å². The summed E-state index contributed by atoms with van der Waals surface area (Å²) in [5.74, 6) is 1.20. The van der Waals surface area contributed by atoms with E-state index in [1.165, 1.54) is 11.1 Å². The van der Waals surface area contributed by atoms with Crippen molar-refractivity contribution in [1.82, 2.24) is 0 Å². The molecule has 0 aromatic heterocycles. The van der Waals surface area contributed by atoms with Crippen LogP contribution in [-0.2, 0) is 11.2 Å².